The fourth-order valence-electron chi connectivity index (χ4n) is 1.99. The van der Waals surface area contributed by atoms with Crippen LogP contribution >= 0.6 is 22.7 Å². The van der Waals surface area contributed by atoms with Crippen LogP contribution in [0.1, 0.15) is 25.4 Å². The van der Waals surface area contributed by atoms with E-state index in [1.807, 2.05) is 42.6 Å². The molecule has 21 heavy (non-hydrogen) atoms. The van der Waals surface area contributed by atoms with E-state index >= 15 is 0 Å². The van der Waals surface area contributed by atoms with Crippen LogP contribution in [0, 0.1) is 6.92 Å². The number of benzene rings is 1. The van der Waals surface area contributed by atoms with Crippen LogP contribution in [0.3, 0.4) is 0 Å². The number of rotatable bonds is 4. The number of carboxylic acid groups (broad SMARTS) is 1. The largest absolute Gasteiger partial charge is 0.477 e. The lowest BCUT2D eigenvalue weighted by atomic mass is 10.1. The van der Waals surface area contributed by atoms with Gasteiger partial charge in [0.05, 0.1) is 17.1 Å². The molecule has 0 bridgehead atoms. The molecule has 2 heterocycles. The molecule has 3 rings (SSSR count). The molecule has 6 heteroatoms. The first kappa shape index (κ1) is 13.9. The van der Waals surface area contributed by atoms with E-state index in [-0.39, 0.29) is 4.88 Å². The van der Waals surface area contributed by atoms with Crippen molar-refractivity contribution in [2.75, 3.05) is 0 Å². The number of aromatic carboxylic acids is 1. The van der Waals surface area contributed by atoms with Gasteiger partial charge in [0.2, 0.25) is 0 Å². The summed E-state index contributed by atoms with van der Waals surface area (Å²) in [6.07, 6.45) is 0.580. The zero-order valence-corrected chi connectivity index (χ0v) is 12.9. The van der Waals surface area contributed by atoms with Crippen molar-refractivity contribution in [1.82, 2.24) is 9.97 Å². The van der Waals surface area contributed by atoms with Gasteiger partial charge in [0, 0.05) is 16.6 Å². The summed E-state index contributed by atoms with van der Waals surface area (Å²) in [6, 6.07) is 9.40. The molecule has 4 nitrogen and oxygen atoms in total. The number of carboxylic acids is 1. The molecular weight excluding hydrogens is 304 g/mol. The topological polar surface area (TPSA) is 63.1 Å². The molecule has 0 spiro atoms. The number of aryl methyl sites for hydroxylation is 1. The third kappa shape index (κ3) is 3.01. The maximum atomic E-state index is 11.4. The Morgan fingerprint density at radius 2 is 1.95 bits per heavy atom. The molecule has 106 valence electrons. The van der Waals surface area contributed by atoms with E-state index < -0.39 is 5.97 Å². The zero-order valence-electron chi connectivity index (χ0n) is 11.2. The second kappa shape index (κ2) is 5.75. The number of hydrogen-bond donors (Lipinski definition) is 1. The number of hydrogen-bond acceptors (Lipinski definition) is 5. The lowest BCUT2D eigenvalue weighted by molar-refractivity contribution is 0.0702. The van der Waals surface area contributed by atoms with Gasteiger partial charge in [-0.05, 0) is 6.92 Å². The third-order valence-electron chi connectivity index (χ3n) is 2.88. The minimum atomic E-state index is -0.937. The zero-order chi connectivity index (χ0) is 14.8. The standard InChI is InChI=1S/C15H12N2O2S2/c1-9-8-20-11(16-9)7-12-17-13(14(21-12)15(18)19)10-5-3-2-4-6-10/h2-6,8H,7H2,1H3,(H,18,19). The number of thiazole rings is 2. The Hall–Kier alpha value is -2.05. The van der Waals surface area contributed by atoms with Crippen LogP contribution in [0.5, 0.6) is 0 Å². The lowest BCUT2D eigenvalue weighted by Crippen LogP contribution is -1.95. The van der Waals surface area contributed by atoms with Crippen LogP contribution in [-0.2, 0) is 6.42 Å². The monoisotopic (exact) mass is 316 g/mol. The highest BCUT2D eigenvalue weighted by atomic mass is 32.1. The summed E-state index contributed by atoms with van der Waals surface area (Å²) < 4.78 is 0. The normalized spacial score (nSPS) is 10.7. The summed E-state index contributed by atoms with van der Waals surface area (Å²) in [5.74, 6) is -0.937. The van der Waals surface area contributed by atoms with E-state index in [9.17, 15) is 9.90 Å². The Bertz CT molecular complexity index is 778. The Kier molecular flexibility index (Phi) is 3.81. The van der Waals surface area contributed by atoms with Crippen LogP contribution in [0.25, 0.3) is 11.3 Å². The molecule has 0 atom stereocenters. The number of carbonyl (C=O) groups is 1. The third-order valence-corrected chi connectivity index (χ3v) is 4.89. The van der Waals surface area contributed by atoms with Gasteiger partial charge in [-0.2, -0.15) is 0 Å². The predicted octanol–water partition coefficient (Wildman–Crippen LogP) is 3.86. The molecule has 0 radical (unpaired) electrons. The van der Waals surface area contributed by atoms with Crippen molar-refractivity contribution in [3.8, 4) is 11.3 Å². The summed E-state index contributed by atoms with van der Waals surface area (Å²) in [7, 11) is 0. The number of aromatic nitrogens is 2. The van der Waals surface area contributed by atoms with Gasteiger partial charge < -0.3 is 5.11 Å². The van der Waals surface area contributed by atoms with Crippen LogP contribution < -0.4 is 0 Å². The van der Waals surface area contributed by atoms with Crippen LogP contribution in [-0.4, -0.2) is 21.0 Å². The first-order chi connectivity index (χ1) is 10.1. The molecule has 0 aliphatic carbocycles. The van der Waals surface area contributed by atoms with Gasteiger partial charge in [0.25, 0.3) is 0 Å². The van der Waals surface area contributed by atoms with E-state index in [1.54, 1.807) is 11.3 Å². The maximum Gasteiger partial charge on any atom is 0.348 e. The summed E-state index contributed by atoms with van der Waals surface area (Å²) in [4.78, 5) is 20.6. The molecule has 2 aromatic heterocycles. The first-order valence-corrected chi connectivity index (χ1v) is 8.02. The van der Waals surface area contributed by atoms with Crippen LogP contribution in [0.15, 0.2) is 35.7 Å². The van der Waals surface area contributed by atoms with Gasteiger partial charge in [0.15, 0.2) is 0 Å². The quantitative estimate of drug-likeness (QED) is 0.794. The Morgan fingerprint density at radius 1 is 1.19 bits per heavy atom. The summed E-state index contributed by atoms with van der Waals surface area (Å²) in [5, 5.41) is 13.1. The smallest absolute Gasteiger partial charge is 0.348 e. The average Bonchev–Trinajstić information content (AvgIpc) is 3.07. The molecule has 0 amide bonds. The average molecular weight is 316 g/mol. The van der Waals surface area contributed by atoms with E-state index in [1.165, 1.54) is 11.3 Å². The molecule has 3 aromatic rings. The van der Waals surface area contributed by atoms with E-state index in [0.29, 0.717) is 12.1 Å². The van der Waals surface area contributed by atoms with E-state index in [4.69, 9.17) is 0 Å². The van der Waals surface area contributed by atoms with Crippen molar-refractivity contribution in [2.24, 2.45) is 0 Å². The minimum Gasteiger partial charge on any atom is -0.477 e. The number of nitrogens with zero attached hydrogens (tertiary/aromatic N) is 2. The summed E-state index contributed by atoms with van der Waals surface area (Å²) >= 11 is 2.79. The highest BCUT2D eigenvalue weighted by molar-refractivity contribution is 7.14. The second-order valence-corrected chi connectivity index (χ2v) is 6.54. The molecule has 0 unspecified atom stereocenters. The molecule has 0 fully saturated rings. The Labute approximate surface area is 129 Å². The molecule has 0 saturated carbocycles. The Morgan fingerprint density at radius 3 is 2.57 bits per heavy atom. The van der Waals surface area contributed by atoms with Gasteiger partial charge in [-0.1, -0.05) is 30.3 Å². The summed E-state index contributed by atoms with van der Waals surface area (Å²) in [6.45, 7) is 1.94. The van der Waals surface area contributed by atoms with Gasteiger partial charge in [-0.3, -0.25) is 0 Å². The van der Waals surface area contributed by atoms with E-state index in [2.05, 4.69) is 9.97 Å². The van der Waals surface area contributed by atoms with Crippen molar-refractivity contribution in [1.29, 1.82) is 0 Å². The molecule has 1 N–H and O–H groups in total. The molecule has 1 aromatic carbocycles. The first-order valence-electron chi connectivity index (χ1n) is 6.33. The van der Waals surface area contributed by atoms with Gasteiger partial charge in [-0.15, -0.1) is 22.7 Å². The van der Waals surface area contributed by atoms with E-state index in [0.717, 1.165) is 21.3 Å². The lowest BCUT2D eigenvalue weighted by Gasteiger charge is -1.97. The van der Waals surface area contributed by atoms with Crippen molar-refractivity contribution >= 4 is 28.6 Å². The highest BCUT2D eigenvalue weighted by Gasteiger charge is 2.19. The van der Waals surface area contributed by atoms with Crippen molar-refractivity contribution in [2.45, 2.75) is 13.3 Å². The Balaban J connectivity index is 1.99. The fourth-order valence-corrected chi connectivity index (χ4v) is 3.79. The van der Waals surface area contributed by atoms with Crippen molar-refractivity contribution in [3.63, 3.8) is 0 Å². The van der Waals surface area contributed by atoms with Crippen LogP contribution in [0.4, 0.5) is 0 Å². The van der Waals surface area contributed by atoms with Crippen molar-refractivity contribution < 1.29 is 9.90 Å². The van der Waals surface area contributed by atoms with Gasteiger partial charge in [-0.25, -0.2) is 14.8 Å². The predicted molar refractivity (Wildman–Crippen MR) is 84.2 cm³/mol. The summed E-state index contributed by atoms with van der Waals surface area (Å²) in [5.41, 5.74) is 2.34. The van der Waals surface area contributed by atoms with Gasteiger partial charge >= 0.3 is 5.97 Å². The SMILES string of the molecule is Cc1csc(Cc2nc(-c3ccccc3)c(C(=O)O)s2)n1. The molecular formula is C15H12N2O2S2. The fraction of sp³-hybridized carbons (Fsp3) is 0.133. The molecule has 0 aliphatic heterocycles. The van der Waals surface area contributed by atoms with Crippen LogP contribution in [0.2, 0.25) is 0 Å². The second-order valence-electron chi connectivity index (χ2n) is 4.52. The minimum absolute atomic E-state index is 0.282. The highest BCUT2D eigenvalue weighted by Crippen LogP contribution is 2.29. The maximum absolute atomic E-state index is 11.4. The molecule has 0 aliphatic rings. The van der Waals surface area contributed by atoms with Crippen molar-refractivity contribution in [3.05, 3.63) is 56.3 Å². The van der Waals surface area contributed by atoms with Gasteiger partial charge in [0.1, 0.15) is 9.88 Å². The molecule has 0 saturated heterocycles.